The first-order valence-corrected chi connectivity index (χ1v) is 7.24. The molecule has 1 N–H and O–H groups in total. The van der Waals surface area contributed by atoms with E-state index in [-0.39, 0.29) is 9.86 Å². The lowest BCUT2D eigenvalue weighted by Crippen LogP contribution is -2.12. The molecule has 0 unspecified atom stereocenters. The lowest BCUT2D eigenvalue weighted by molar-refractivity contribution is -0.107. The van der Waals surface area contributed by atoms with Crippen LogP contribution in [0.3, 0.4) is 0 Å². The Morgan fingerprint density at radius 1 is 1.32 bits per heavy atom. The van der Waals surface area contributed by atoms with Crippen molar-refractivity contribution in [2.24, 2.45) is 0 Å². The highest BCUT2D eigenvalue weighted by Crippen LogP contribution is 2.27. The molecule has 19 heavy (non-hydrogen) atoms. The largest absolute Gasteiger partial charge is 0.388 e. The van der Waals surface area contributed by atoms with E-state index in [1.807, 2.05) is 57.2 Å². The predicted octanol–water partition coefficient (Wildman–Crippen LogP) is 4.11. The molecule has 104 valence electrons. The number of carbonyl (C=O) groups excluding carboxylic acids is 1. The van der Waals surface area contributed by atoms with Gasteiger partial charge in [0.05, 0.1) is 6.10 Å². The van der Waals surface area contributed by atoms with Gasteiger partial charge in [-0.3, -0.25) is 4.79 Å². The van der Waals surface area contributed by atoms with Gasteiger partial charge < -0.3 is 5.11 Å². The minimum Gasteiger partial charge on any atom is -0.388 e. The van der Waals surface area contributed by atoms with E-state index in [0.717, 1.165) is 5.56 Å². The molecule has 0 aliphatic carbocycles. The summed E-state index contributed by atoms with van der Waals surface area (Å²) in [4.78, 5) is 11.9. The monoisotopic (exact) mass is 278 g/mol. The molecule has 0 aromatic heterocycles. The minimum atomic E-state index is -0.552. The van der Waals surface area contributed by atoms with Crippen molar-refractivity contribution in [2.45, 2.75) is 45.0 Å². The van der Waals surface area contributed by atoms with Gasteiger partial charge in [0, 0.05) is 4.75 Å². The van der Waals surface area contributed by atoms with Crippen LogP contribution in [0.25, 0.3) is 0 Å². The van der Waals surface area contributed by atoms with Crippen LogP contribution in [0.2, 0.25) is 0 Å². The molecular formula is C16H22O2S. The van der Waals surface area contributed by atoms with Crippen molar-refractivity contribution in [3.63, 3.8) is 0 Å². The van der Waals surface area contributed by atoms with Gasteiger partial charge >= 0.3 is 0 Å². The lowest BCUT2D eigenvalue weighted by Gasteiger charge is -2.16. The highest BCUT2D eigenvalue weighted by Gasteiger charge is 2.17. The first-order valence-electron chi connectivity index (χ1n) is 6.43. The molecule has 0 aliphatic heterocycles. The van der Waals surface area contributed by atoms with Gasteiger partial charge in [-0.05, 0) is 24.5 Å². The Hall–Kier alpha value is -1.06. The number of aliphatic hydroxyl groups excluding tert-OH is 1. The molecule has 0 radical (unpaired) electrons. The molecule has 0 amide bonds. The summed E-state index contributed by atoms with van der Waals surface area (Å²) in [6, 6.07) is 9.49. The summed E-state index contributed by atoms with van der Waals surface area (Å²) in [5, 5.41) is 10.1. The summed E-state index contributed by atoms with van der Waals surface area (Å²) < 4.78 is -0.0791. The van der Waals surface area contributed by atoms with Crippen LogP contribution < -0.4 is 0 Å². The standard InChI is InChI=1S/C16H22O2S/c1-12(15(18)19-16(2,3)4)10-11-14(17)13-8-6-5-7-9-13/h5-10,14,17H,11H2,1-4H3/b12-10+/t14-/m0/s1. The Bertz CT molecular complexity index is 444. The Morgan fingerprint density at radius 3 is 2.42 bits per heavy atom. The molecular weight excluding hydrogens is 256 g/mol. The van der Waals surface area contributed by atoms with Crippen molar-refractivity contribution in [3.05, 3.63) is 47.5 Å². The molecule has 0 saturated heterocycles. The van der Waals surface area contributed by atoms with Gasteiger partial charge in [0.15, 0.2) is 0 Å². The Kier molecular flexibility index (Phi) is 5.83. The average molecular weight is 278 g/mol. The smallest absolute Gasteiger partial charge is 0.215 e. The van der Waals surface area contributed by atoms with E-state index in [0.29, 0.717) is 12.0 Å². The second kappa shape index (κ2) is 6.92. The molecule has 2 nitrogen and oxygen atoms in total. The van der Waals surface area contributed by atoms with E-state index >= 15 is 0 Å². The van der Waals surface area contributed by atoms with Crippen LogP contribution in [0.5, 0.6) is 0 Å². The van der Waals surface area contributed by atoms with Gasteiger partial charge in [-0.1, -0.05) is 68.9 Å². The minimum absolute atomic E-state index is 0.0766. The highest BCUT2D eigenvalue weighted by molar-refractivity contribution is 8.15. The quantitative estimate of drug-likeness (QED) is 0.842. The summed E-state index contributed by atoms with van der Waals surface area (Å²) in [5.74, 6) is 0. The third kappa shape index (κ3) is 6.08. The van der Waals surface area contributed by atoms with Crippen molar-refractivity contribution < 1.29 is 9.90 Å². The maximum absolute atomic E-state index is 11.9. The fourth-order valence-electron chi connectivity index (χ4n) is 1.54. The fraction of sp³-hybridized carbons (Fsp3) is 0.438. The summed E-state index contributed by atoms with van der Waals surface area (Å²) in [5.41, 5.74) is 1.58. The summed E-state index contributed by atoms with van der Waals surface area (Å²) in [6.45, 7) is 7.85. The third-order valence-electron chi connectivity index (χ3n) is 2.55. The normalized spacial score (nSPS) is 14.3. The summed E-state index contributed by atoms with van der Waals surface area (Å²) in [6.07, 6.45) is 1.73. The number of carbonyl (C=O) groups is 1. The number of aliphatic hydroxyl groups is 1. The molecule has 1 aromatic rings. The van der Waals surface area contributed by atoms with E-state index in [4.69, 9.17) is 0 Å². The Labute approximate surface area is 119 Å². The fourth-order valence-corrected chi connectivity index (χ4v) is 2.34. The topological polar surface area (TPSA) is 37.3 Å². The molecule has 0 spiro atoms. The van der Waals surface area contributed by atoms with Crippen molar-refractivity contribution in [3.8, 4) is 0 Å². The van der Waals surface area contributed by atoms with Crippen molar-refractivity contribution in [1.82, 2.24) is 0 Å². The van der Waals surface area contributed by atoms with E-state index in [9.17, 15) is 9.90 Å². The zero-order chi connectivity index (χ0) is 14.5. The summed E-state index contributed by atoms with van der Waals surface area (Å²) in [7, 11) is 0. The Morgan fingerprint density at radius 2 is 1.89 bits per heavy atom. The molecule has 0 aliphatic rings. The molecule has 1 atom stereocenters. The van der Waals surface area contributed by atoms with Crippen molar-refractivity contribution in [1.29, 1.82) is 0 Å². The lowest BCUT2D eigenvalue weighted by atomic mass is 10.1. The molecule has 3 heteroatoms. The van der Waals surface area contributed by atoms with Crippen LogP contribution in [0, 0.1) is 0 Å². The molecule has 1 aromatic carbocycles. The number of thioether (sulfide) groups is 1. The van der Waals surface area contributed by atoms with E-state index < -0.39 is 6.10 Å². The first kappa shape index (κ1) is 16.0. The zero-order valence-electron chi connectivity index (χ0n) is 12.0. The number of rotatable bonds is 4. The van der Waals surface area contributed by atoms with Crippen molar-refractivity contribution >= 4 is 16.9 Å². The number of hydrogen-bond acceptors (Lipinski definition) is 3. The third-order valence-corrected chi connectivity index (χ3v) is 3.67. The van der Waals surface area contributed by atoms with Crippen LogP contribution in [-0.4, -0.2) is 15.0 Å². The molecule has 0 bridgehead atoms. The van der Waals surface area contributed by atoms with E-state index in [1.54, 1.807) is 6.92 Å². The van der Waals surface area contributed by atoms with Gasteiger partial charge in [-0.25, -0.2) is 0 Å². The van der Waals surface area contributed by atoms with Gasteiger partial charge in [-0.2, -0.15) is 0 Å². The molecule has 0 saturated carbocycles. The van der Waals surface area contributed by atoms with Crippen molar-refractivity contribution in [2.75, 3.05) is 0 Å². The van der Waals surface area contributed by atoms with Crippen LogP contribution in [-0.2, 0) is 4.79 Å². The number of hydrogen-bond donors (Lipinski definition) is 1. The van der Waals surface area contributed by atoms with Crippen LogP contribution in [0.1, 0.15) is 45.8 Å². The Balaban J connectivity index is 2.59. The highest BCUT2D eigenvalue weighted by atomic mass is 32.2. The maximum Gasteiger partial charge on any atom is 0.215 e. The second-order valence-electron chi connectivity index (χ2n) is 5.55. The predicted molar refractivity (Wildman–Crippen MR) is 82.1 cm³/mol. The van der Waals surface area contributed by atoms with Crippen LogP contribution in [0.4, 0.5) is 0 Å². The number of benzene rings is 1. The average Bonchev–Trinajstić information content (AvgIpc) is 2.34. The van der Waals surface area contributed by atoms with Gasteiger partial charge in [0.25, 0.3) is 0 Å². The SMILES string of the molecule is C/C(=C\C[C@H](O)c1ccccc1)C(=O)SC(C)(C)C. The molecule has 1 rings (SSSR count). The van der Waals surface area contributed by atoms with Crippen LogP contribution >= 0.6 is 11.8 Å². The van der Waals surface area contributed by atoms with E-state index in [1.165, 1.54) is 11.8 Å². The van der Waals surface area contributed by atoms with Gasteiger partial charge in [0.2, 0.25) is 5.12 Å². The molecule has 0 fully saturated rings. The molecule has 0 heterocycles. The first-order chi connectivity index (χ1) is 8.79. The summed E-state index contributed by atoms with van der Waals surface area (Å²) >= 11 is 1.32. The van der Waals surface area contributed by atoms with Gasteiger partial charge in [0.1, 0.15) is 0 Å². The second-order valence-corrected chi connectivity index (χ2v) is 7.35. The maximum atomic E-state index is 11.9. The van der Waals surface area contributed by atoms with Gasteiger partial charge in [-0.15, -0.1) is 0 Å². The van der Waals surface area contributed by atoms with E-state index in [2.05, 4.69) is 0 Å². The van der Waals surface area contributed by atoms with Crippen LogP contribution in [0.15, 0.2) is 42.0 Å². The zero-order valence-corrected chi connectivity index (χ0v) is 12.8.